The highest BCUT2D eigenvalue weighted by atomic mass is 19.4. The van der Waals surface area contributed by atoms with Gasteiger partial charge >= 0.3 is 6.18 Å². The van der Waals surface area contributed by atoms with Crippen molar-refractivity contribution in [2.45, 2.75) is 31.5 Å². The first kappa shape index (κ1) is 17.6. The molecular weight excluding hydrogens is 251 g/mol. The maximum absolute atomic E-state index is 11.7. The van der Waals surface area contributed by atoms with Gasteiger partial charge in [-0.1, -0.05) is 0 Å². The summed E-state index contributed by atoms with van der Waals surface area (Å²) in [4.78, 5) is 0. The maximum Gasteiger partial charge on any atom is 0.411 e. The number of aliphatic hydroxyl groups is 1. The predicted octanol–water partition coefficient (Wildman–Crippen LogP) is 1.33. The van der Waals surface area contributed by atoms with Crippen LogP contribution < -0.4 is 5.32 Å². The zero-order valence-corrected chi connectivity index (χ0v) is 10.8. The zero-order chi connectivity index (χ0) is 14.1. The molecule has 0 fully saturated rings. The average molecular weight is 273 g/mol. The molecule has 0 rings (SSSR count). The molecule has 7 heteroatoms. The Balaban J connectivity index is 3.39. The van der Waals surface area contributed by atoms with Crippen molar-refractivity contribution in [2.24, 2.45) is 0 Å². The van der Waals surface area contributed by atoms with Crippen LogP contribution in [0.5, 0.6) is 0 Å². The Hall–Kier alpha value is -0.370. The lowest BCUT2D eigenvalue weighted by atomic mass is 10.0. The molecule has 0 radical (unpaired) electrons. The standard InChI is InChI=1S/C11H22F3NO3/c1-10(16,4-7-17-2)8-15-5-3-6-18-9-11(12,13)14/h15-16H,3-9H2,1-2H3. The molecular formula is C11H22F3NO3. The minimum atomic E-state index is -4.27. The molecule has 2 N–H and O–H groups in total. The lowest BCUT2D eigenvalue weighted by Crippen LogP contribution is -2.39. The van der Waals surface area contributed by atoms with Gasteiger partial charge in [-0.3, -0.25) is 0 Å². The average Bonchev–Trinajstić information content (AvgIpc) is 2.23. The van der Waals surface area contributed by atoms with Gasteiger partial charge < -0.3 is 19.9 Å². The molecule has 1 unspecified atom stereocenters. The minimum absolute atomic E-state index is 0.0483. The Bertz CT molecular complexity index is 210. The lowest BCUT2D eigenvalue weighted by Gasteiger charge is -2.23. The fraction of sp³-hybridized carbons (Fsp3) is 1.00. The monoisotopic (exact) mass is 273 g/mol. The summed E-state index contributed by atoms with van der Waals surface area (Å²) >= 11 is 0. The van der Waals surface area contributed by atoms with Crippen molar-refractivity contribution in [1.29, 1.82) is 0 Å². The van der Waals surface area contributed by atoms with Crippen molar-refractivity contribution in [3.05, 3.63) is 0 Å². The van der Waals surface area contributed by atoms with Crippen LogP contribution >= 0.6 is 0 Å². The number of hydrogen-bond donors (Lipinski definition) is 2. The van der Waals surface area contributed by atoms with Gasteiger partial charge in [-0.2, -0.15) is 13.2 Å². The summed E-state index contributed by atoms with van der Waals surface area (Å²) in [5.74, 6) is 0. The van der Waals surface area contributed by atoms with Crippen LogP contribution in [0.4, 0.5) is 13.2 Å². The maximum atomic E-state index is 11.7. The van der Waals surface area contributed by atoms with Crippen molar-refractivity contribution in [3.63, 3.8) is 0 Å². The van der Waals surface area contributed by atoms with Gasteiger partial charge in [-0.15, -0.1) is 0 Å². The largest absolute Gasteiger partial charge is 0.411 e. The lowest BCUT2D eigenvalue weighted by molar-refractivity contribution is -0.173. The van der Waals surface area contributed by atoms with Crippen molar-refractivity contribution in [1.82, 2.24) is 5.32 Å². The van der Waals surface area contributed by atoms with E-state index in [9.17, 15) is 18.3 Å². The van der Waals surface area contributed by atoms with Gasteiger partial charge in [0, 0.05) is 33.3 Å². The molecule has 0 amide bonds. The number of rotatable bonds is 10. The molecule has 1 atom stereocenters. The Morgan fingerprint density at radius 3 is 2.44 bits per heavy atom. The van der Waals surface area contributed by atoms with E-state index < -0.39 is 18.4 Å². The summed E-state index contributed by atoms with van der Waals surface area (Å²) in [7, 11) is 1.56. The fourth-order valence-electron chi connectivity index (χ4n) is 1.26. The van der Waals surface area contributed by atoms with Gasteiger partial charge in [0.1, 0.15) is 6.61 Å². The number of hydrogen-bond acceptors (Lipinski definition) is 4. The number of halogens is 3. The van der Waals surface area contributed by atoms with Crippen molar-refractivity contribution < 1.29 is 27.8 Å². The topological polar surface area (TPSA) is 50.7 Å². The van der Waals surface area contributed by atoms with E-state index in [0.717, 1.165) is 0 Å². The third kappa shape index (κ3) is 12.1. The molecule has 0 aliphatic rings. The van der Waals surface area contributed by atoms with Crippen LogP contribution in [0.3, 0.4) is 0 Å². The van der Waals surface area contributed by atoms with E-state index in [-0.39, 0.29) is 6.61 Å². The van der Waals surface area contributed by atoms with Gasteiger partial charge in [-0.25, -0.2) is 0 Å². The third-order valence-corrected chi connectivity index (χ3v) is 2.26. The highest BCUT2D eigenvalue weighted by Crippen LogP contribution is 2.14. The van der Waals surface area contributed by atoms with Crippen LogP contribution in [0.1, 0.15) is 19.8 Å². The Labute approximate surface area is 105 Å². The van der Waals surface area contributed by atoms with Gasteiger partial charge in [0.25, 0.3) is 0 Å². The quantitative estimate of drug-likeness (QED) is 0.590. The summed E-state index contributed by atoms with van der Waals surface area (Å²) < 4.78 is 44.5. The summed E-state index contributed by atoms with van der Waals surface area (Å²) in [5, 5.41) is 12.8. The molecule has 0 aliphatic heterocycles. The zero-order valence-electron chi connectivity index (χ0n) is 10.8. The molecule has 0 saturated carbocycles. The molecule has 0 aromatic rings. The molecule has 4 nitrogen and oxygen atoms in total. The van der Waals surface area contributed by atoms with Crippen LogP contribution in [-0.2, 0) is 9.47 Å². The summed E-state index contributed by atoms with van der Waals surface area (Å²) in [6, 6.07) is 0. The molecule has 18 heavy (non-hydrogen) atoms. The fourth-order valence-corrected chi connectivity index (χ4v) is 1.26. The number of ether oxygens (including phenoxy) is 2. The smallest absolute Gasteiger partial charge is 0.389 e. The molecule has 0 spiro atoms. The van der Waals surface area contributed by atoms with Crippen LogP contribution in [-0.4, -0.2) is 56.9 Å². The third-order valence-electron chi connectivity index (χ3n) is 2.26. The highest BCUT2D eigenvalue weighted by Gasteiger charge is 2.27. The normalized spacial score (nSPS) is 15.7. The van der Waals surface area contributed by atoms with Crippen LogP contribution in [0, 0.1) is 0 Å². The number of alkyl halides is 3. The van der Waals surface area contributed by atoms with E-state index >= 15 is 0 Å². The molecule has 0 aromatic carbocycles. The molecule has 0 saturated heterocycles. The second kappa shape index (κ2) is 8.68. The van der Waals surface area contributed by atoms with Gasteiger partial charge in [0.2, 0.25) is 0 Å². The Morgan fingerprint density at radius 2 is 1.89 bits per heavy atom. The SMILES string of the molecule is COCCC(C)(O)CNCCCOCC(F)(F)F. The molecule has 0 aliphatic carbocycles. The Kier molecular flexibility index (Phi) is 8.51. The summed E-state index contributed by atoms with van der Waals surface area (Å²) in [5.41, 5.74) is -0.872. The van der Waals surface area contributed by atoms with Crippen molar-refractivity contribution in [3.8, 4) is 0 Å². The highest BCUT2D eigenvalue weighted by molar-refractivity contribution is 4.74. The molecule has 0 aromatic heterocycles. The second-order valence-corrected chi connectivity index (χ2v) is 4.44. The first-order valence-corrected chi connectivity index (χ1v) is 5.83. The van der Waals surface area contributed by atoms with Crippen molar-refractivity contribution in [2.75, 3.05) is 40.0 Å². The van der Waals surface area contributed by atoms with E-state index in [0.29, 0.717) is 32.5 Å². The molecule has 0 bridgehead atoms. The first-order valence-electron chi connectivity index (χ1n) is 5.83. The minimum Gasteiger partial charge on any atom is -0.389 e. The number of methoxy groups -OCH3 is 1. The summed E-state index contributed by atoms with van der Waals surface area (Å²) in [6.45, 7) is 1.85. The molecule has 110 valence electrons. The van der Waals surface area contributed by atoms with Gasteiger partial charge in [0.15, 0.2) is 0 Å². The van der Waals surface area contributed by atoms with Gasteiger partial charge in [0.05, 0.1) is 5.60 Å². The van der Waals surface area contributed by atoms with Crippen LogP contribution in [0.15, 0.2) is 0 Å². The van der Waals surface area contributed by atoms with E-state index in [2.05, 4.69) is 10.1 Å². The van der Waals surface area contributed by atoms with Crippen LogP contribution in [0.2, 0.25) is 0 Å². The van der Waals surface area contributed by atoms with E-state index in [1.54, 1.807) is 14.0 Å². The molecule has 0 heterocycles. The summed E-state index contributed by atoms with van der Waals surface area (Å²) in [6.07, 6.45) is -3.30. The van der Waals surface area contributed by atoms with Crippen LogP contribution in [0.25, 0.3) is 0 Å². The predicted molar refractivity (Wildman–Crippen MR) is 61.5 cm³/mol. The van der Waals surface area contributed by atoms with Gasteiger partial charge in [-0.05, 0) is 19.9 Å². The second-order valence-electron chi connectivity index (χ2n) is 4.44. The van der Waals surface area contributed by atoms with E-state index in [1.807, 2.05) is 0 Å². The number of nitrogens with one attached hydrogen (secondary N) is 1. The van der Waals surface area contributed by atoms with E-state index in [1.165, 1.54) is 0 Å². The Morgan fingerprint density at radius 1 is 1.22 bits per heavy atom. The first-order chi connectivity index (χ1) is 8.27. The van der Waals surface area contributed by atoms with E-state index in [4.69, 9.17) is 4.74 Å². The van der Waals surface area contributed by atoms with Crippen molar-refractivity contribution >= 4 is 0 Å².